The number of nitrogen functional groups attached to an aromatic ring is 1. The van der Waals surface area contributed by atoms with Crippen molar-refractivity contribution in [3.63, 3.8) is 0 Å². The summed E-state index contributed by atoms with van der Waals surface area (Å²) in [6.45, 7) is 7.73. The third kappa shape index (κ3) is 5.26. The number of nitrogens with zero attached hydrogens (tertiary/aromatic N) is 1. The maximum Gasteiger partial charge on any atom is 0.253 e. The van der Waals surface area contributed by atoms with Gasteiger partial charge < -0.3 is 16.4 Å². The van der Waals surface area contributed by atoms with E-state index >= 15 is 0 Å². The van der Waals surface area contributed by atoms with E-state index in [1.165, 1.54) is 6.20 Å². The molecule has 0 fully saturated rings. The molecule has 0 aliphatic carbocycles. The first-order valence-electron chi connectivity index (χ1n) is 6.50. The summed E-state index contributed by atoms with van der Waals surface area (Å²) >= 11 is 0. The fourth-order valence-electron chi connectivity index (χ4n) is 1.64. The monoisotopic (exact) mass is 278 g/mol. The van der Waals surface area contributed by atoms with Crippen LogP contribution >= 0.6 is 0 Å². The summed E-state index contributed by atoms with van der Waals surface area (Å²) in [6.07, 6.45) is 1.74. The van der Waals surface area contributed by atoms with Gasteiger partial charge in [0.15, 0.2) is 0 Å². The zero-order valence-electron chi connectivity index (χ0n) is 12.4. The molecule has 0 unspecified atom stereocenters. The van der Waals surface area contributed by atoms with Crippen molar-refractivity contribution < 1.29 is 9.59 Å². The highest BCUT2D eigenvalue weighted by molar-refractivity contribution is 5.96. The largest absolute Gasteiger partial charge is 0.397 e. The van der Waals surface area contributed by atoms with Crippen molar-refractivity contribution >= 4 is 17.5 Å². The highest BCUT2D eigenvalue weighted by Crippen LogP contribution is 2.09. The van der Waals surface area contributed by atoms with Crippen molar-refractivity contribution in [1.82, 2.24) is 15.6 Å². The first-order valence-corrected chi connectivity index (χ1v) is 6.50. The summed E-state index contributed by atoms with van der Waals surface area (Å²) in [4.78, 5) is 27.6. The minimum absolute atomic E-state index is 0.0970. The van der Waals surface area contributed by atoms with Gasteiger partial charge in [0.05, 0.1) is 23.1 Å². The summed E-state index contributed by atoms with van der Waals surface area (Å²) in [5, 5.41) is 5.52. The summed E-state index contributed by atoms with van der Waals surface area (Å²) in [5.74, 6) is -0.369. The van der Waals surface area contributed by atoms with Crippen LogP contribution in [0.25, 0.3) is 0 Å². The van der Waals surface area contributed by atoms with E-state index in [0.717, 1.165) is 0 Å². The Bertz CT molecular complexity index is 506. The molecule has 1 aromatic rings. The van der Waals surface area contributed by atoms with Crippen LogP contribution in [-0.2, 0) is 4.79 Å². The molecule has 0 aliphatic heterocycles. The van der Waals surface area contributed by atoms with Gasteiger partial charge in [-0.25, -0.2) is 0 Å². The van der Waals surface area contributed by atoms with Crippen LogP contribution in [0.3, 0.4) is 0 Å². The quantitative estimate of drug-likeness (QED) is 0.765. The molecule has 1 rings (SSSR count). The number of amides is 2. The minimum atomic E-state index is -0.272. The minimum Gasteiger partial charge on any atom is -0.397 e. The Hall–Kier alpha value is -2.11. The third-order valence-corrected chi connectivity index (χ3v) is 2.50. The van der Waals surface area contributed by atoms with Crippen LogP contribution < -0.4 is 16.4 Å². The van der Waals surface area contributed by atoms with Crippen molar-refractivity contribution in [3.8, 4) is 0 Å². The predicted octanol–water partition coefficient (Wildman–Crippen LogP) is 1.01. The van der Waals surface area contributed by atoms with Gasteiger partial charge in [-0.2, -0.15) is 0 Å². The first kappa shape index (κ1) is 15.9. The zero-order chi connectivity index (χ0) is 15.3. The third-order valence-electron chi connectivity index (χ3n) is 2.50. The molecule has 0 radical (unpaired) electrons. The zero-order valence-corrected chi connectivity index (χ0v) is 12.4. The van der Waals surface area contributed by atoms with E-state index in [9.17, 15) is 9.59 Å². The Balaban J connectivity index is 2.48. The van der Waals surface area contributed by atoms with E-state index in [2.05, 4.69) is 15.6 Å². The van der Waals surface area contributed by atoms with E-state index in [4.69, 9.17) is 5.73 Å². The molecule has 20 heavy (non-hydrogen) atoms. The Morgan fingerprint density at radius 2 is 2.00 bits per heavy atom. The molecule has 4 N–H and O–H groups in total. The molecular formula is C14H22N4O2. The Morgan fingerprint density at radius 1 is 1.35 bits per heavy atom. The standard InChI is InChI=1S/C14H22N4O2/c1-9-11(7-10(15)8-17-9)13(20)16-6-5-12(19)18-14(2,3)4/h7-8H,5-6,15H2,1-4H3,(H,16,20)(H,18,19). The lowest BCUT2D eigenvalue weighted by atomic mass is 10.1. The lowest BCUT2D eigenvalue weighted by Gasteiger charge is -2.20. The van der Waals surface area contributed by atoms with Crippen molar-refractivity contribution in [2.45, 2.75) is 39.7 Å². The number of rotatable bonds is 4. The van der Waals surface area contributed by atoms with E-state index in [1.807, 2.05) is 20.8 Å². The van der Waals surface area contributed by atoms with E-state index in [1.54, 1.807) is 13.0 Å². The van der Waals surface area contributed by atoms with Crippen molar-refractivity contribution in [2.24, 2.45) is 0 Å². The van der Waals surface area contributed by atoms with Gasteiger partial charge in [0.25, 0.3) is 5.91 Å². The molecule has 0 atom stereocenters. The SMILES string of the molecule is Cc1ncc(N)cc1C(=O)NCCC(=O)NC(C)(C)C. The smallest absolute Gasteiger partial charge is 0.253 e. The van der Waals surface area contributed by atoms with Crippen LogP contribution in [0, 0.1) is 6.92 Å². The fourth-order valence-corrected chi connectivity index (χ4v) is 1.64. The molecular weight excluding hydrogens is 256 g/mol. The molecule has 6 heteroatoms. The van der Waals surface area contributed by atoms with Crippen molar-refractivity contribution in [2.75, 3.05) is 12.3 Å². The number of aromatic nitrogens is 1. The molecule has 0 aliphatic rings. The Labute approximate surface area is 119 Å². The number of anilines is 1. The van der Waals surface area contributed by atoms with Crippen LogP contribution in [0.4, 0.5) is 5.69 Å². The fraction of sp³-hybridized carbons (Fsp3) is 0.500. The molecule has 0 spiro atoms. The van der Waals surface area contributed by atoms with E-state index < -0.39 is 0 Å². The van der Waals surface area contributed by atoms with Crippen LogP contribution in [-0.4, -0.2) is 28.9 Å². The molecule has 2 amide bonds. The molecule has 0 aromatic carbocycles. The number of nitrogens with one attached hydrogen (secondary N) is 2. The normalized spacial score (nSPS) is 11.0. The molecule has 1 aromatic heterocycles. The van der Waals surface area contributed by atoms with Gasteiger partial charge in [0, 0.05) is 18.5 Å². The van der Waals surface area contributed by atoms with Crippen LogP contribution in [0.15, 0.2) is 12.3 Å². The van der Waals surface area contributed by atoms with Gasteiger partial charge in [-0.3, -0.25) is 14.6 Å². The second-order valence-corrected chi connectivity index (χ2v) is 5.71. The van der Waals surface area contributed by atoms with Crippen molar-refractivity contribution in [1.29, 1.82) is 0 Å². The summed E-state index contributed by atoms with van der Waals surface area (Å²) in [6, 6.07) is 1.58. The second kappa shape index (κ2) is 6.36. The van der Waals surface area contributed by atoms with Crippen LogP contribution in [0.1, 0.15) is 43.2 Å². The lowest BCUT2D eigenvalue weighted by Crippen LogP contribution is -2.42. The molecule has 0 saturated heterocycles. The number of pyridine rings is 1. The predicted molar refractivity (Wildman–Crippen MR) is 78.2 cm³/mol. The van der Waals surface area contributed by atoms with E-state index in [0.29, 0.717) is 16.9 Å². The molecule has 1 heterocycles. The average molecular weight is 278 g/mol. The Kier molecular flexibility index (Phi) is 5.07. The summed E-state index contributed by atoms with van der Waals surface area (Å²) in [7, 11) is 0. The van der Waals surface area contributed by atoms with Gasteiger partial charge in [-0.05, 0) is 33.8 Å². The number of nitrogens with two attached hydrogens (primary N) is 1. The number of hydrogen-bond donors (Lipinski definition) is 3. The molecule has 0 bridgehead atoms. The maximum absolute atomic E-state index is 11.9. The number of aryl methyl sites for hydroxylation is 1. The lowest BCUT2D eigenvalue weighted by molar-refractivity contribution is -0.122. The second-order valence-electron chi connectivity index (χ2n) is 5.71. The highest BCUT2D eigenvalue weighted by Gasteiger charge is 2.14. The van der Waals surface area contributed by atoms with Gasteiger partial charge in [-0.1, -0.05) is 0 Å². The van der Waals surface area contributed by atoms with Gasteiger partial charge in [0.2, 0.25) is 5.91 Å². The first-order chi connectivity index (χ1) is 9.19. The number of carbonyl (C=O) groups excluding carboxylic acids is 2. The molecule has 6 nitrogen and oxygen atoms in total. The van der Waals surface area contributed by atoms with Gasteiger partial charge in [-0.15, -0.1) is 0 Å². The topological polar surface area (TPSA) is 97.1 Å². The highest BCUT2D eigenvalue weighted by atomic mass is 16.2. The summed E-state index contributed by atoms with van der Waals surface area (Å²) in [5.41, 5.74) is 6.81. The average Bonchev–Trinajstić information content (AvgIpc) is 2.29. The van der Waals surface area contributed by atoms with Crippen LogP contribution in [0.5, 0.6) is 0 Å². The number of carbonyl (C=O) groups is 2. The van der Waals surface area contributed by atoms with Crippen molar-refractivity contribution in [3.05, 3.63) is 23.5 Å². The molecule has 0 saturated carbocycles. The van der Waals surface area contributed by atoms with Gasteiger partial charge >= 0.3 is 0 Å². The van der Waals surface area contributed by atoms with Crippen LogP contribution in [0.2, 0.25) is 0 Å². The summed E-state index contributed by atoms with van der Waals surface area (Å²) < 4.78 is 0. The maximum atomic E-state index is 11.9. The Morgan fingerprint density at radius 3 is 2.60 bits per heavy atom. The number of hydrogen-bond acceptors (Lipinski definition) is 4. The van der Waals surface area contributed by atoms with Gasteiger partial charge in [0.1, 0.15) is 0 Å². The van der Waals surface area contributed by atoms with E-state index in [-0.39, 0.29) is 30.3 Å². The molecule has 110 valence electrons.